The van der Waals surface area contributed by atoms with Gasteiger partial charge in [-0.15, -0.1) is 11.8 Å². The Kier molecular flexibility index (Phi) is 6.57. The van der Waals surface area contributed by atoms with Gasteiger partial charge in [0, 0.05) is 12.5 Å². The van der Waals surface area contributed by atoms with Gasteiger partial charge in [0.05, 0.1) is 0 Å². The van der Waals surface area contributed by atoms with Crippen molar-refractivity contribution >= 4 is 0 Å². The highest BCUT2D eigenvalue weighted by molar-refractivity contribution is 4.96. The third-order valence-electron chi connectivity index (χ3n) is 3.85. The summed E-state index contributed by atoms with van der Waals surface area (Å²) in [6.45, 7) is 7.63. The summed E-state index contributed by atoms with van der Waals surface area (Å²) < 4.78 is 0. The molecule has 1 N–H and O–H groups in total. The molecule has 0 heterocycles. The summed E-state index contributed by atoms with van der Waals surface area (Å²) >= 11 is 0. The predicted molar refractivity (Wildman–Crippen MR) is 71.3 cm³/mol. The van der Waals surface area contributed by atoms with Crippen LogP contribution in [-0.4, -0.2) is 12.6 Å². The molecule has 0 aromatic rings. The van der Waals surface area contributed by atoms with Crippen molar-refractivity contribution in [3.63, 3.8) is 0 Å². The predicted octanol–water partition coefficient (Wildman–Crippen LogP) is 3.59. The molecule has 0 aromatic carbocycles. The van der Waals surface area contributed by atoms with Crippen molar-refractivity contribution < 1.29 is 0 Å². The van der Waals surface area contributed by atoms with Crippen LogP contribution in [0.3, 0.4) is 0 Å². The van der Waals surface area contributed by atoms with Crippen LogP contribution >= 0.6 is 0 Å². The average molecular weight is 221 g/mol. The van der Waals surface area contributed by atoms with Gasteiger partial charge in [0.2, 0.25) is 0 Å². The van der Waals surface area contributed by atoms with Gasteiger partial charge >= 0.3 is 0 Å². The molecule has 0 amide bonds. The van der Waals surface area contributed by atoms with E-state index in [0.29, 0.717) is 6.04 Å². The van der Waals surface area contributed by atoms with E-state index in [1.54, 1.807) is 0 Å². The van der Waals surface area contributed by atoms with Crippen molar-refractivity contribution in [1.82, 2.24) is 5.32 Å². The Hall–Kier alpha value is -0.480. The van der Waals surface area contributed by atoms with E-state index in [1.165, 1.54) is 32.1 Å². The van der Waals surface area contributed by atoms with Crippen molar-refractivity contribution in [2.24, 2.45) is 11.8 Å². The Balaban J connectivity index is 2.38. The van der Waals surface area contributed by atoms with Gasteiger partial charge in [0.15, 0.2) is 0 Å². The Morgan fingerprint density at radius 2 is 1.94 bits per heavy atom. The quantitative estimate of drug-likeness (QED) is 0.700. The number of hydrogen-bond acceptors (Lipinski definition) is 1. The molecule has 1 rings (SSSR count). The highest BCUT2D eigenvalue weighted by Gasteiger charge is 2.24. The van der Waals surface area contributed by atoms with Crippen LogP contribution in [0.25, 0.3) is 0 Å². The summed E-state index contributed by atoms with van der Waals surface area (Å²) in [7, 11) is 0. The molecule has 1 aliphatic carbocycles. The number of nitrogens with one attached hydrogen (secondary N) is 1. The SMILES string of the molecule is CC#CCCC(NCC)C1CCC(C)CC1. The van der Waals surface area contributed by atoms with E-state index < -0.39 is 0 Å². The minimum absolute atomic E-state index is 0.707. The molecular formula is C15H27N. The summed E-state index contributed by atoms with van der Waals surface area (Å²) in [5.41, 5.74) is 0. The minimum atomic E-state index is 0.707. The lowest BCUT2D eigenvalue weighted by Crippen LogP contribution is -2.37. The third-order valence-corrected chi connectivity index (χ3v) is 3.85. The fourth-order valence-electron chi connectivity index (χ4n) is 2.81. The Bertz CT molecular complexity index is 228. The van der Waals surface area contributed by atoms with Gasteiger partial charge in [0.1, 0.15) is 0 Å². The van der Waals surface area contributed by atoms with Crippen LogP contribution in [0.5, 0.6) is 0 Å². The molecule has 0 spiro atoms. The van der Waals surface area contributed by atoms with Gasteiger partial charge in [0.25, 0.3) is 0 Å². The summed E-state index contributed by atoms with van der Waals surface area (Å²) in [5.74, 6) is 8.04. The average Bonchev–Trinajstić information content (AvgIpc) is 2.29. The molecule has 1 fully saturated rings. The van der Waals surface area contributed by atoms with E-state index in [1.807, 2.05) is 6.92 Å². The first kappa shape index (κ1) is 13.6. The number of rotatable bonds is 5. The van der Waals surface area contributed by atoms with Crippen LogP contribution in [0.4, 0.5) is 0 Å². The van der Waals surface area contributed by atoms with Crippen molar-refractivity contribution in [2.75, 3.05) is 6.54 Å². The lowest BCUT2D eigenvalue weighted by molar-refractivity contribution is 0.225. The molecule has 1 nitrogen and oxygen atoms in total. The third kappa shape index (κ3) is 4.58. The van der Waals surface area contributed by atoms with Crippen molar-refractivity contribution in [2.45, 2.75) is 65.3 Å². The Morgan fingerprint density at radius 1 is 1.25 bits per heavy atom. The maximum absolute atomic E-state index is 3.66. The molecule has 92 valence electrons. The molecule has 1 aliphatic rings. The van der Waals surface area contributed by atoms with Crippen LogP contribution < -0.4 is 5.32 Å². The topological polar surface area (TPSA) is 12.0 Å². The van der Waals surface area contributed by atoms with Gasteiger partial charge in [-0.3, -0.25) is 0 Å². The second-order valence-electron chi connectivity index (χ2n) is 5.15. The van der Waals surface area contributed by atoms with E-state index >= 15 is 0 Å². The maximum Gasteiger partial charge on any atom is 0.0104 e. The largest absolute Gasteiger partial charge is 0.314 e. The van der Waals surface area contributed by atoms with E-state index in [4.69, 9.17) is 0 Å². The molecule has 0 saturated heterocycles. The van der Waals surface area contributed by atoms with Gasteiger partial charge in [-0.1, -0.05) is 26.7 Å². The van der Waals surface area contributed by atoms with E-state index in [0.717, 1.165) is 24.8 Å². The highest BCUT2D eigenvalue weighted by atomic mass is 14.9. The first-order chi connectivity index (χ1) is 7.77. The zero-order chi connectivity index (χ0) is 11.8. The van der Waals surface area contributed by atoms with Crippen molar-refractivity contribution in [3.05, 3.63) is 0 Å². The summed E-state index contributed by atoms with van der Waals surface area (Å²) in [6, 6.07) is 0.707. The monoisotopic (exact) mass is 221 g/mol. The molecule has 0 aliphatic heterocycles. The summed E-state index contributed by atoms with van der Waals surface area (Å²) in [5, 5.41) is 3.66. The molecule has 16 heavy (non-hydrogen) atoms. The van der Waals surface area contributed by atoms with Gasteiger partial charge < -0.3 is 5.32 Å². The first-order valence-electron chi connectivity index (χ1n) is 6.90. The van der Waals surface area contributed by atoms with Gasteiger partial charge in [-0.05, 0) is 44.6 Å². The fourth-order valence-corrected chi connectivity index (χ4v) is 2.81. The molecule has 0 bridgehead atoms. The highest BCUT2D eigenvalue weighted by Crippen LogP contribution is 2.31. The van der Waals surface area contributed by atoms with Crippen molar-refractivity contribution in [3.8, 4) is 11.8 Å². The smallest absolute Gasteiger partial charge is 0.0104 e. The minimum Gasteiger partial charge on any atom is -0.314 e. The zero-order valence-electron chi connectivity index (χ0n) is 11.2. The molecule has 1 saturated carbocycles. The van der Waals surface area contributed by atoms with E-state index in [2.05, 4.69) is 31.0 Å². The lowest BCUT2D eigenvalue weighted by Gasteiger charge is -2.33. The first-order valence-corrected chi connectivity index (χ1v) is 6.90. The van der Waals surface area contributed by atoms with Crippen LogP contribution in [0.2, 0.25) is 0 Å². The normalized spacial score (nSPS) is 26.9. The van der Waals surface area contributed by atoms with E-state index in [-0.39, 0.29) is 0 Å². The second-order valence-corrected chi connectivity index (χ2v) is 5.15. The second kappa shape index (κ2) is 7.74. The van der Waals surface area contributed by atoms with Crippen LogP contribution in [-0.2, 0) is 0 Å². The number of hydrogen-bond donors (Lipinski definition) is 1. The zero-order valence-corrected chi connectivity index (χ0v) is 11.2. The molecule has 0 aromatic heterocycles. The molecule has 0 radical (unpaired) electrons. The molecule has 1 heteroatoms. The fraction of sp³-hybridized carbons (Fsp3) is 0.867. The lowest BCUT2D eigenvalue weighted by atomic mass is 9.78. The maximum atomic E-state index is 3.66. The molecule has 1 unspecified atom stereocenters. The summed E-state index contributed by atoms with van der Waals surface area (Å²) in [6.07, 6.45) is 7.96. The molecule has 1 atom stereocenters. The Labute approximate surface area is 101 Å². The van der Waals surface area contributed by atoms with E-state index in [9.17, 15) is 0 Å². The van der Waals surface area contributed by atoms with Gasteiger partial charge in [-0.2, -0.15) is 0 Å². The summed E-state index contributed by atoms with van der Waals surface area (Å²) in [4.78, 5) is 0. The van der Waals surface area contributed by atoms with Gasteiger partial charge in [-0.25, -0.2) is 0 Å². The van der Waals surface area contributed by atoms with Crippen molar-refractivity contribution in [1.29, 1.82) is 0 Å². The van der Waals surface area contributed by atoms with Crippen LogP contribution in [0.1, 0.15) is 59.3 Å². The van der Waals surface area contributed by atoms with Crippen LogP contribution in [0.15, 0.2) is 0 Å². The molecular weight excluding hydrogens is 194 g/mol. The van der Waals surface area contributed by atoms with Crippen LogP contribution in [0, 0.1) is 23.7 Å². The Morgan fingerprint density at radius 3 is 2.50 bits per heavy atom. The standard InChI is InChI=1S/C15H27N/c1-4-6-7-8-15(16-5-2)14-11-9-13(3)10-12-14/h13-16H,5,7-12H2,1-3H3.